The molecule has 0 radical (unpaired) electrons. The highest BCUT2D eigenvalue weighted by Crippen LogP contribution is 2.44. The van der Waals surface area contributed by atoms with Crippen molar-refractivity contribution in [2.45, 2.75) is 52.6 Å². The van der Waals surface area contributed by atoms with Crippen molar-refractivity contribution >= 4 is 16.5 Å². The lowest BCUT2D eigenvalue weighted by Crippen LogP contribution is -2.30. The molecule has 0 aliphatic heterocycles. The van der Waals surface area contributed by atoms with E-state index >= 15 is 0 Å². The number of nitrogens with zero attached hydrogens (tertiary/aromatic N) is 2. The fraction of sp³-hybridized carbons (Fsp3) is 0.786. The standard InChI is InChI=1S/C14H25N3S/c1-9(2)17(6)13-16-11-8-14(3,4)7-10(15-5)12(11)18-13/h9-10,15H,7-8H2,1-6H3. The third kappa shape index (κ3) is 2.54. The first kappa shape index (κ1) is 13.8. The monoisotopic (exact) mass is 267 g/mol. The van der Waals surface area contributed by atoms with Crippen LogP contribution < -0.4 is 10.2 Å². The second-order valence-electron chi connectivity index (χ2n) is 6.40. The van der Waals surface area contributed by atoms with Gasteiger partial charge in [0.2, 0.25) is 0 Å². The number of hydrogen-bond acceptors (Lipinski definition) is 4. The normalized spacial score (nSPS) is 22.1. The van der Waals surface area contributed by atoms with E-state index in [1.165, 1.54) is 17.0 Å². The lowest BCUT2D eigenvalue weighted by atomic mass is 9.76. The Morgan fingerprint density at radius 3 is 2.67 bits per heavy atom. The molecular weight excluding hydrogens is 242 g/mol. The van der Waals surface area contributed by atoms with Gasteiger partial charge < -0.3 is 10.2 Å². The Kier molecular flexibility index (Phi) is 3.70. The molecule has 1 aliphatic carbocycles. The first-order valence-corrected chi connectivity index (χ1v) is 7.55. The average molecular weight is 267 g/mol. The van der Waals surface area contributed by atoms with Crippen molar-refractivity contribution in [3.8, 4) is 0 Å². The van der Waals surface area contributed by atoms with Crippen LogP contribution in [0.15, 0.2) is 0 Å². The Morgan fingerprint density at radius 2 is 2.11 bits per heavy atom. The molecule has 1 heterocycles. The molecule has 0 bridgehead atoms. The Labute approximate surface area is 115 Å². The van der Waals surface area contributed by atoms with E-state index in [2.05, 4.69) is 52.0 Å². The van der Waals surface area contributed by atoms with Crippen molar-refractivity contribution in [1.29, 1.82) is 0 Å². The summed E-state index contributed by atoms with van der Waals surface area (Å²) in [5.41, 5.74) is 1.65. The zero-order chi connectivity index (χ0) is 13.5. The van der Waals surface area contributed by atoms with Gasteiger partial charge in [0.05, 0.1) is 5.69 Å². The van der Waals surface area contributed by atoms with Gasteiger partial charge in [0.25, 0.3) is 0 Å². The second-order valence-corrected chi connectivity index (χ2v) is 7.41. The molecule has 1 unspecified atom stereocenters. The predicted octanol–water partition coefficient (Wildman–Crippen LogP) is 3.22. The first-order chi connectivity index (χ1) is 8.34. The molecule has 1 aliphatic rings. The molecule has 1 aromatic heterocycles. The molecule has 0 saturated heterocycles. The summed E-state index contributed by atoms with van der Waals surface area (Å²) >= 11 is 1.86. The van der Waals surface area contributed by atoms with Gasteiger partial charge in [0, 0.05) is 24.0 Å². The van der Waals surface area contributed by atoms with Crippen LogP contribution in [0.4, 0.5) is 5.13 Å². The van der Waals surface area contributed by atoms with Gasteiger partial charge in [0.1, 0.15) is 0 Å². The molecule has 3 nitrogen and oxygen atoms in total. The lowest BCUT2D eigenvalue weighted by Gasteiger charge is -2.34. The fourth-order valence-corrected chi connectivity index (χ4v) is 3.81. The summed E-state index contributed by atoms with van der Waals surface area (Å²) in [5, 5.41) is 4.61. The minimum Gasteiger partial charge on any atom is -0.349 e. The Balaban J connectivity index is 2.35. The number of rotatable bonds is 3. The van der Waals surface area contributed by atoms with Crippen molar-refractivity contribution in [3.63, 3.8) is 0 Å². The highest BCUT2D eigenvalue weighted by atomic mass is 32.1. The molecule has 102 valence electrons. The largest absolute Gasteiger partial charge is 0.349 e. The van der Waals surface area contributed by atoms with E-state index in [4.69, 9.17) is 4.98 Å². The number of thiazole rings is 1. The maximum Gasteiger partial charge on any atom is 0.185 e. The minimum atomic E-state index is 0.350. The molecule has 18 heavy (non-hydrogen) atoms. The first-order valence-electron chi connectivity index (χ1n) is 6.74. The van der Waals surface area contributed by atoms with Crippen LogP contribution in [0.1, 0.15) is 50.7 Å². The van der Waals surface area contributed by atoms with E-state index in [9.17, 15) is 0 Å². The molecule has 0 aromatic carbocycles. The fourth-order valence-electron chi connectivity index (χ4n) is 2.53. The molecule has 2 rings (SSSR count). The quantitative estimate of drug-likeness (QED) is 0.911. The van der Waals surface area contributed by atoms with Crippen molar-refractivity contribution in [2.24, 2.45) is 5.41 Å². The SMILES string of the molecule is CNC1CC(C)(C)Cc2nc(N(C)C(C)C)sc21. The van der Waals surface area contributed by atoms with E-state index in [1.54, 1.807) is 0 Å². The van der Waals surface area contributed by atoms with Crippen LogP contribution in [0.2, 0.25) is 0 Å². The molecule has 4 heteroatoms. The van der Waals surface area contributed by atoms with Crippen LogP contribution in [0.5, 0.6) is 0 Å². The molecule has 1 N–H and O–H groups in total. The summed E-state index contributed by atoms with van der Waals surface area (Å²) < 4.78 is 0. The third-order valence-corrected chi connectivity index (χ3v) is 5.16. The molecule has 0 fully saturated rings. The summed E-state index contributed by atoms with van der Waals surface area (Å²) in [6, 6.07) is 0.967. The predicted molar refractivity (Wildman–Crippen MR) is 79.6 cm³/mol. The third-order valence-electron chi connectivity index (χ3n) is 3.86. The Bertz CT molecular complexity index is 423. The number of hydrogen-bond donors (Lipinski definition) is 1. The zero-order valence-corrected chi connectivity index (χ0v) is 13.2. The van der Waals surface area contributed by atoms with Crippen LogP contribution in [0.25, 0.3) is 0 Å². The van der Waals surface area contributed by atoms with E-state index in [0.29, 0.717) is 17.5 Å². The Morgan fingerprint density at radius 1 is 1.44 bits per heavy atom. The summed E-state index contributed by atoms with van der Waals surface area (Å²) in [7, 11) is 4.19. The maximum atomic E-state index is 4.87. The van der Waals surface area contributed by atoms with Crippen molar-refractivity contribution in [1.82, 2.24) is 10.3 Å². The number of fused-ring (bicyclic) bond motifs is 1. The van der Waals surface area contributed by atoms with Gasteiger partial charge >= 0.3 is 0 Å². The summed E-state index contributed by atoms with van der Waals surface area (Å²) in [4.78, 5) is 8.58. The van der Waals surface area contributed by atoms with Crippen LogP contribution in [-0.2, 0) is 6.42 Å². The number of aromatic nitrogens is 1. The van der Waals surface area contributed by atoms with Gasteiger partial charge in [0.15, 0.2) is 5.13 Å². The van der Waals surface area contributed by atoms with Crippen LogP contribution in [0.3, 0.4) is 0 Å². The van der Waals surface area contributed by atoms with Gasteiger partial charge in [-0.2, -0.15) is 0 Å². The van der Waals surface area contributed by atoms with Crippen molar-refractivity contribution < 1.29 is 0 Å². The van der Waals surface area contributed by atoms with Gasteiger partial charge in [-0.25, -0.2) is 4.98 Å². The number of nitrogens with one attached hydrogen (secondary N) is 1. The zero-order valence-electron chi connectivity index (χ0n) is 12.4. The Hall–Kier alpha value is -0.610. The highest BCUT2D eigenvalue weighted by molar-refractivity contribution is 7.15. The molecule has 0 spiro atoms. The molecule has 1 atom stereocenters. The van der Waals surface area contributed by atoms with E-state index < -0.39 is 0 Å². The smallest absolute Gasteiger partial charge is 0.185 e. The van der Waals surface area contributed by atoms with Crippen LogP contribution >= 0.6 is 11.3 Å². The van der Waals surface area contributed by atoms with Crippen molar-refractivity contribution in [3.05, 3.63) is 10.6 Å². The van der Waals surface area contributed by atoms with E-state index in [-0.39, 0.29) is 0 Å². The van der Waals surface area contributed by atoms with Gasteiger partial charge in [-0.15, -0.1) is 0 Å². The lowest BCUT2D eigenvalue weighted by molar-refractivity contribution is 0.265. The summed E-state index contributed by atoms with van der Waals surface area (Å²) in [6.45, 7) is 9.09. The number of anilines is 1. The minimum absolute atomic E-state index is 0.350. The van der Waals surface area contributed by atoms with Gasteiger partial charge in [-0.05, 0) is 39.2 Å². The van der Waals surface area contributed by atoms with E-state index in [1.807, 2.05) is 11.3 Å². The molecule has 1 aromatic rings. The topological polar surface area (TPSA) is 28.2 Å². The average Bonchev–Trinajstić information content (AvgIpc) is 2.68. The second kappa shape index (κ2) is 4.82. The van der Waals surface area contributed by atoms with Crippen molar-refractivity contribution in [2.75, 3.05) is 19.0 Å². The maximum absolute atomic E-state index is 4.87. The molecule has 0 saturated carbocycles. The van der Waals surface area contributed by atoms with Crippen LogP contribution in [0, 0.1) is 5.41 Å². The van der Waals surface area contributed by atoms with Gasteiger partial charge in [-0.3, -0.25) is 0 Å². The van der Waals surface area contributed by atoms with Gasteiger partial charge in [-0.1, -0.05) is 25.2 Å². The highest BCUT2D eigenvalue weighted by Gasteiger charge is 2.34. The van der Waals surface area contributed by atoms with E-state index in [0.717, 1.165) is 11.6 Å². The summed E-state index contributed by atoms with van der Waals surface area (Å²) in [6.07, 6.45) is 2.30. The van der Waals surface area contributed by atoms with Crippen LogP contribution in [-0.4, -0.2) is 25.1 Å². The molecule has 0 amide bonds. The molecular formula is C14H25N3S. The summed E-state index contributed by atoms with van der Waals surface area (Å²) in [5.74, 6) is 0.